The first-order valence-corrected chi connectivity index (χ1v) is 2.97. The van der Waals surface area contributed by atoms with Gasteiger partial charge >= 0.3 is 0 Å². The Morgan fingerprint density at radius 2 is 2.57 bits per heavy atom. The van der Waals surface area contributed by atoms with Gasteiger partial charge in [0.15, 0.2) is 0 Å². The first kappa shape index (κ1) is 6.54. The summed E-state index contributed by atoms with van der Waals surface area (Å²) >= 11 is 1.54. The Morgan fingerprint density at radius 3 is 2.71 bits per heavy atom. The molecule has 40 valence electrons. The molecule has 0 aromatic rings. The second-order valence-electron chi connectivity index (χ2n) is 1.15. The highest BCUT2D eigenvalue weighted by Crippen LogP contribution is 1.84. The van der Waals surface area contributed by atoms with Gasteiger partial charge < -0.3 is 5.73 Å². The average Bonchev–Trinajstić information content (AvgIpc) is 1.61. The van der Waals surface area contributed by atoms with E-state index in [1.165, 1.54) is 0 Å². The monoisotopic (exact) mass is 115 g/mol. The molecular formula is C5H9NS. The van der Waals surface area contributed by atoms with E-state index in [0.29, 0.717) is 5.70 Å². The zero-order chi connectivity index (χ0) is 5.70. The second kappa shape index (κ2) is 3.72. The van der Waals surface area contributed by atoms with Gasteiger partial charge in [-0.2, -0.15) is 0 Å². The van der Waals surface area contributed by atoms with Gasteiger partial charge in [0.1, 0.15) is 0 Å². The smallest absolute Gasteiger partial charge is 0.0568 e. The largest absolute Gasteiger partial charge is 0.402 e. The van der Waals surface area contributed by atoms with Gasteiger partial charge in [-0.05, 0) is 6.92 Å². The van der Waals surface area contributed by atoms with Crippen molar-refractivity contribution in [1.29, 1.82) is 0 Å². The molecule has 0 bridgehead atoms. The molecular weight excluding hydrogens is 106 g/mol. The third-order valence-electron chi connectivity index (χ3n) is 0.402. The zero-order valence-electron chi connectivity index (χ0n) is 4.40. The van der Waals surface area contributed by atoms with E-state index in [0.717, 1.165) is 5.75 Å². The quantitative estimate of drug-likeness (QED) is 0.545. The lowest BCUT2D eigenvalue weighted by Gasteiger charge is -1.82. The summed E-state index contributed by atoms with van der Waals surface area (Å²) < 4.78 is 0. The molecule has 0 aliphatic rings. The summed E-state index contributed by atoms with van der Waals surface area (Å²) in [6.45, 7) is 5.36. The van der Waals surface area contributed by atoms with Crippen LogP contribution in [0, 0.1) is 5.18 Å². The lowest BCUT2D eigenvalue weighted by Crippen LogP contribution is -1.94. The topological polar surface area (TPSA) is 26.0 Å². The molecule has 0 saturated heterocycles. The molecule has 2 N–H and O–H groups in total. The molecule has 0 aliphatic carbocycles. The summed E-state index contributed by atoms with van der Waals surface area (Å²) in [5, 5.41) is 2.87. The summed E-state index contributed by atoms with van der Waals surface area (Å²) in [6, 6.07) is 0. The van der Waals surface area contributed by atoms with Crippen LogP contribution in [0.5, 0.6) is 0 Å². The third-order valence-corrected chi connectivity index (χ3v) is 1.21. The van der Waals surface area contributed by atoms with Gasteiger partial charge in [-0.15, -0.1) is 11.2 Å². The minimum atomic E-state index is 0.708. The first-order chi connectivity index (χ1) is 3.27. The molecule has 0 unspecified atom stereocenters. The molecule has 0 aromatic heterocycles. The van der Waals surface area contributed by atoms with Crippen LogP contribution in [0.15, 0.2) is 12.3 Å². The van der Waals surface area contributed by atoms with Crippen molar-refractivity contribution in [1.82, 2.24) is 0 Å². The van der Waals surface area contributed by atoms with Gasteiger partial charge in [0.2, 0.25) is 0 Å². The van der Waals surface area contributed by atoms with Crippen LogP contribution in [0.25, 0.3) is 0 Å². The van der Waals surface area contributed by atoms with E-state index in [-0.39, 0.29) is 0 Å². The van der Waals surface area contributed by atoms with Crippen LogP contribution in [0.4, 0.5) is 0 Å². The normalized spacial score (nSPS) is 7.00. The predicted octanol–water partition coefficient (Wildman–Crippen LogP) is 1.17. The molecule has 0 fully saturated rings. The maximum absolute atomic E-state index is 5.22. The second-order valence-corrected chi connectivity index (χ2v) is 2.14. The molecule has 0 rings (SSSR count). The summed E-state index contributed by atoms with van der Waals surface area (Å²) in [4.78, 5) is 0. The van der Waals surface area contributed by atoms with Crippen molar-refractivity contribution in [2.45, 2.75) is 6.92 Å². The van der Waals surface area contributed by atoms with Crippen molar-refractivity contribution in [2.75, 3.05) is 5.75 Å². The maximum Gasteiger partial charge on any atom is 0.0568 e. The molecule has 0 spiro atoms. The molecule has 0 saturated carbocycles. The fraction of sp³-hybridized carbons (Fsp3) is 0.400. The highest BCUT2D eigenvalue weighted by Gasteiger charge is 1.73. The van der Waals surface area contributed by atoms with Crippen LogP contribution in [-0.2, 0) is 0 Å². The van der Waals surface area contributed by atoms with E-state index >= 15 is 0 Å². The summed E-state index contributed by atoms with van der Waals surface area (Å²) in [5.74, 6) is 0.788. The SMILES string of the molecule is C=C(N)CS#CC. The number of hydrogen-bond acceptors (Lipinski definition) is 1. The zero-order valence-corrected chi connectivity index (χ0v) is 5.22. The van der Waals surface area contributed by atoms with Crippen molar-refractivity contribution >= 4 is 11.2 Å². The standard InChI is InChI=1S/C5H9NS/c1-3-7-4-5(2)6/h2,4,6H2,1H3. The molecule has 7 heavy (non-hydrogen) atoms. The van der Waals surface area contributed by atoms with Gasteiger partial charge in [0.05, 0.1) is 5.75 Å². The van der Waals surface area contributed by atoms with E-state index in [9.17, 15) is 0 Å². The van der Waals surface area contributed by atoms with Gasteiger partial charge in [0, 0.05) is 5.70 Å². The molecule has 1 nitrogen and oxygen atoms in total. The summed E-state index contributed by atoms with van der Waals surface area (Å²) in [7, 11) is 0. The Labute approximate surface area is 47.8 Å². The Hall–Kier alpha value is -0.460. The molecule has 0 aromatic carbocycles. The molecule has 0 radical (unpaired) electrons. The van der Waals surface area contributed by atoms with Crippen LogP contribution in [0.1, 0.15) is 6.92 Å². The van der Waals surface area contributed by atoms with Gasteiger partial charge in [-0.3, -0.25) is 0 Å². The molecule has 2 heteroatoms. The molecule has 0 heterocycles. The van der Waals surface area contributed by atoms with E-state index in [1.54, 1.807) is 11.2 Å². The highest BCUT2D eigenvalue weighted by atomic mass is 32.1. The first-order valence-electron chi connectivity index (χ1n) is 1.99. The van der Waals surface area contributed by atoms with Crippen LogP contribution >= 0.6 is 11.2 Å². The van der Waals surface area contributed by atoms with Crippen molar-refractivity contribution < 1.29 is 0 Å². The van der Waals surface area contributed by atoms with Crippen LogP contribution < -0.4 is 5.73 Å². The van der Waals surface area contributed by atoms with Crippen molar-refractivity contribution in [3.8, 4) is 5.18 Å². The summed E-state index contributed by atoms with van der Waals surface area (Å²) in [6.07, 6.45) is 0. The third kappa shape index (κ3) is 5.54. The van der Waals surface area contributed by atoms with Gasteiger partial charge in [-0.25, -0.2) is 0 Å². The van der Waals surface area contributed by atoms with E-state index in [2.05, 4.69) is 11.8 Å². The molecule has 0 atom stereocenters. The van der Waals surface area contributed by atoms with Crippen LogP contribution in [0.2, 0.25) is 0 Å². The van der Waals surface area contributed by atoms with Crippen LogP contribution in [-0.4, -0.2) is 5.75 Å². The van der Waals surface area contributed by atoms with E-state index < -0.39 is 0 Å². The lowest BCUT2D eigenvalue weighted by atomic mass is 10.6. The average molecular weight is 115 g/mol. The van der Waals surface area contributed by atoms with E-state index in [1.807, 2.05) is 6.92 Å². The van der Waals surface area contributed by atoms with E-state index in [4.69, 9.17) is 5.73 Å². The summed E-state index contributed by atoms with van der Waals surface area (Å²) in [5.41, 5.74) is 5.93. The predicted molar refractivity (Wildman–Crippen MR) is 35.3 cm³/mol. The minimum Gasteiger partial charge on any atom is -0.402 e. The van der Waals surface area contributed by atoms with Gasteiger partial charge in [-0.1, -0.05) is 11.8 Å². The van der Waals surface area contributed by atoms with Crippen molar-refractivity contribution in [2.24, 2.45) is 5.73 Å². The maximum atomic E-state index is 5.22. The number of rotatable bonds is 1. The minimum absolute atomic E-state index is 0.708. The Kier molecular flexibility index (Phi) is 3.48. The highest BCUT2D eigenvalue weighted by molar-refractivity contribution is 7.88. The molecule has 0 amide bonds. The fourth-order valence-corrected chi connectivity index (χ4v) is 0.495. The Balaban J connectivity index is 3.26. The van der Waals surface area contributed by atoms with Crippen LogP contribution in [0.3, 0.4) is 0 Å². The Morgan fingerprint density at radius 1 is 2.00 bits per heavy atom. The van der Waals surface area contributed by atoms with Crippen molar-refractivity contribution in [3.63, 3.8) is 0 Å². The lowest BCUT2D eigenvalue weighted by molar-refractivity contribution is 1.36. The molecule has 0 aliphatic heterocycles. The van der Waals surface area contributed by atoms with Crippen molar-refractivity contribution in [3.05, 3.63) is 12.3 Å². The Bertz CT molecular complexity index is 118. The fourth-order valence-electron chi connectivity index (χ4n) is 0.165. The number of hydrogen-bond donors (Lipinski definition) is 1. The van der Waals surface area contributed by atoms with Gasteiger partial charge in [0.25, 0.3) is 0 Å². The number of nitrogens with two attached hydrogens (primary N) is 1.